The van der Waals surface area contributed by atoms with E-state index in [2.05, 4.69) is 4.98 Å². The molecule has 0 aromatic carbocycles. The molecule has 1 unspecified atom stereocenters. The summed E-state index contributed by atoms with van der Waals surface area (Å²) in [6, 6.07) is 3.84. The molecule has 2 rings (SSSR count). The summed E-state index contributed by atoms with van der Waals surface area (Å²) < 4.78 is 5.55. The van der Waals surface area contributed by atoms with Crippen molar-refractivity contribution in [2.45, 2.75) is 39.7 Å². The maximum Gasteiger partial charge on any atom is 0.347 e. The average Bonchev–Trinajstić information content (AvgIpc) is 3.04. The lowest BCUT2D eigenvalue weighted by molar-refractivity contribution is 0.0700. The molecule has 0 bridgehead atoms. The Bertz CT molecular complexity index is 633. The number of aryl methyl sites for hydroxylation is 1. The number of rotatable bonds is 6. The first-order valence-electron chi connectivity index (χ1n) is 6.92. The molecule has 2 aromatic heterocycles. The molecule has 0 aliphatic carbocycles. The predicted octanol–water partition coefficient (Wildman–Crippen LogP) is 3.89. The van der Waals surface area contributed by atoms with E-state index in [1.165, 1.54) is 11.3 Å². The molecule has 2 heterocycles. The standard InChI is InChI=1S/C15H20N2O3S/c1-5-9(2)12-13(14(18)19)21-15(16-12)17(4)8-11-7-6-10(3)20-11/h6-7,9H,5,8H2,1-4H3,(H,18,19). The van der Waals surface area contributed by atoms with Crippen LogP contribution >= 0.6 is 11.3 Å². The fourth-order valence-electron chi connectivity index (χ4n) is 2.04. The van der Waals surface area contributed by atoms with E-state index in [1.54, 1.807) is 0 Å². The summed E-state index contributed by atoms with van der Waals surface area (Å²) in [6.07, 6.45) is 0.866. The van der Waals surface area contributed by atoms with Gasteiger partial charge in [0.15, 0.2) is 5.13 Å². The van der Waals surface area contributed by atoms with Gasteiger partial charge in [0.05, 0.1) is 12.2 Å². The van der Waals surface area contributed by atoms with E-state index in [-0.39, 0.29) is 5.92 Å². The fraction of sp³-hybridized carbons (Fsp3) is 0.467. The minimum Gasteiger partial charge on any atom is -0.477 e. The number of nitrogens with zero attached hydrogens (tertiary/aromatic N) is 2. The minimum absolute atomic E-state index is 0.139. The van der Waals surface area contributed by atoms with Crippen molar-refractivity contribution in [3.05, 3.63) is 34.2 Å². The first kappa shape index (κ1) is 15.6. The van der Waals surface area contributed by atoms with Gasteiger partial charge in [0.1, 0.15) is 16.4 Å². The van der Waals surface area contributed by atoms with Crippen LogP contribution in [0.1, 0.15) is 53.1 Å². The van der Waals surface area contributed by atoms with Gasteiger partial charge >= 0.3 is 5.97 Å². The second kappa shape index (κ2) is 6.30. The van der Waals surface area contributed by atoms with E-state index in [0.29, 0.717) is 22.2 Å². The zero-order valence-electron chi connectivity index (χ0n) is 12.7. The van der Waals surface area contributed by atoms with Crippen molar-refractivity contribution in [3.8, 4) is 0 Å². The second-order valence-electron chi connectivity index (χ2n) is 5.19. The molecule has 0 saturated carbocycles. The largest absolute Gasteiger partial charge is 0.477 e. The van der Waals surface area contributed by atoms with Crippen LogP contribution in [0.3, 0.4) is 0 Å². The maximum atomic E-state index is 11.4. The molecule has 0 spiro atoms. The second-order valence-corrected chi connectivity index (χ2v) is 6.17. The van der Waals surface area contributed by atoms with Crippen molar-refractivity contribution < 1.29 is 14.3 Å². The number of carboxylic acids is 1. The molecule has 0 radical (unpaired) electrons. The highest BCUT2D eigenvalue weighted by Crippen LogP contribution is 2.32. The Morgan fingerprint density at radius 2 is 2.24 bits per heavy atom. The Balaban J connectivity index is 2.24. The van der Waals surface area contributed by atoms with E-state index in [9.17, 15) is 9.90 Å². The predicted molar refractivity (Wildman–Crippen MR) is 83.3 cm³/mol. The lowest BCUT2D eigenvalue weighted by atomic mass is 10.0. The van der Waals surface area contributed by atoms with Gasteiger partial charge < -0.3 is 14.4 Å². The van der Waals surface area contributed by atoms with E-state index in [4.69, 9.17) is 4.42 Å². The number of furan rings is 1. The van der Waals surface area contributed by atoms with Crippen LogP contribution in [0.2, 0.25) is 0 Å². The average molecular weight is 308 g/mol. The van der Waals surface area contributed by atoms with E-state index in [0.717, 1.165) is 17.9 Å². The zero-order chi connectivity index (χ0) is 15.6. The van der Waals surface area contributed by atoms with Crippen molar-refractivity contribution in [1.29, 1.82) is 0 Å². The van der Waals surface area contributed by atoms with Crippen LogP contribution in [0.5, 0.6) is 0 Å². The molecule has 0 fully saturated rings. The summed E-state index contributed by atoms with van der Waals surface area (Å²) >= 11 is 1.22. The highest BCUT2D eigenvalue weighted by Gasteiger charge is 2.22. The smallest absolute Gasteiger partial charge is 0.347 e. The topological polar surface area (TPSA) is 66.6 Å². The van der Waals surface area contributed by atoms with Crippen LogP contribution in [-0.2, 0) is 6.54 Å². The number of thiazole rings is 1. The van der Waals surface area contributed by atoms with Crippen LogP contribution in [0.25, 0.3) is 0 Å². The molecule has 0 aliphatic rings. The summed E-state index contributed by atoms with van der Waals surface area (Å²) in [5.74, 6) is 0.938. The number of aromatic nitrogens is 1. The number of carboxylic acid groups (broad SMARTS) is 1. The van der Waals surface area contributed by atoms with E-state index < -0.39 is 5.97 Å². The van der Waals surface area contributed by atoms with Crippen LogP contribution in [-0.4, -0.2) is 23.1 Å². The normalized spacial score (nSPS) is 12.4. The molecule has 114 valence electrons. The Kier molecular flexibility index (Phi) is 4.67. The molecule has 0 saturated heterocycles. The first-order chi connectivity index (χ1) is 9.92. The van der Waals surface area contributed by atoms with Gasteiger partial charge in [-0.05, 0) is 31.4 Å². The van der Waals surface area contributed by atoms with Gasteiger partial charge in [-0.1, -0.05) is 25.2 Å². The summed E-state index contributed by atoms with van der Waals surface area (Å²) in [7, 11) is 1.89. The van der Waals surface area contributed by atoms with Crippen LogP contribution in [0.4, 0.5) is 5.13 Å². The van der Waals surface area contributed by atoms with Gasteiger partial charge in [0.25, 0.3) is 0 Å². The minimum atomic E-state index is -0.906. The molecule has 1 N–H and O–H groups in total. The summed E-state index contributed by atoms with van der Waals surface area (Å²) in [5.41, 5.74) is 0.674. The molecular formula is C15H20N2O3S. The maximum absolute atomic E-state index is 11.4. The van der Waals surface area contributed by atoms with Crippen molar-refractivity contribution in [2.24, 2.45) is 0 Å². The molecule has 6 heteroatoms. The van der Waals surface area contributed by atoms with Gasteiger partial charge in [0, 0.05) is 7.05 Å². The van der Waals surface area contributed by atoms with Crippen LogP contribution in [0, 0.1) is 6.92 Å². The lowest BCUT2D eigenvalue weighted by Crippen LogP contribution is -2.15. The third kappa shape index (κ3) is 3.44. The van der Waals surface area contributed by atoms with Crippen molar-refractivity contribution in [1.82, 2.24) is 4.98 Å². The molecule has 21 heavy (non-hydrogen) atoms. The molecule has 0 amide bonds. The fourth-order valence-corrected chi connectivity index (χ4v) is 3.02. The van der Waals surface area contributed by atoms with E-state index in [1.807, 2.05) is 44.9 Å². The third-order valence-corrected chi connectivity index (χ3v) is 4.60. The Hall–Kier alpha value is -1.82. The SMILES string of the molecule is CCC(C)c1nc(N(C)Cc2ccc(C)o2)sc1C(=O)O. The molecule has 1 atom stereocenters. The summed E-state index contributed by atoms with van der Waals surface area (Å²) in [6.45, 7) is 6.50. The van der Waals surface area contributed by atoms with Gasteiger partial charge in [-0.25, -0.2) is 9.78 Å². The highest BCUT2D eigenvalue weighted by atomic mass is 32.1. The highest BCUT2D eigenvalue weighted by molar-refractivity contribution is 7.17. The number of anilines is 1. The van der Waals surface area contributed by atoms with Crippen LogP contribution in [0.15, 0.2) is 16.5 Å². The molecule has 0 aliphatic heterocycles. The Morgan fingerprint density at radius 1 is 1.52 bits per heavy atom. The Morgan fingerprint density at radius 3 is 2.76 bits per heavy atom. The lowest BCUT2D eigenvalue weighted by Gasteiger charge is -2.13. The summed E-state index contributed by atoms with van der Waals surface area (Å²) in [5, 5.41) is 10.0. The molecule has 5 nitrogen and oxygen atoms in total. The Labute approximate surface area is 128 Å². The van der Waals surface area contributed by atoms with E-state index >= 15 is 0 Å². The van der Waals surface area contributed by atoms with Crippen molar-refractivity contribution >= 4 is 22.4 Å². The number of aromatic carboxylic acids is 1. The van der Waals surface area contributed by atoms with Gasteiger partial charge in [-0.15, -0.1) is 0 Å². The zero-order valence-corrected chi connectivity index (χ0v) is 13.5. The number of hydrogen-bond donors (Lipinski definition) is 1. The molecular weight excluding hydrogens is 288 g/mol. The number of carbonyl (C=O) groups is 1. The first-order valence-corrected chi connectivity index (χ1v) is 7.74. The van der Waals surface area contributed by atoms with Crippen LogP contribution < -0.4 is 4.90 Å². The van der Waals surface area contributed by atoms with Gasteiger partial charge in [-0.3, -0.25) is 0 Å². The van der Waals surface area contributed by atoms with Gasteiger partial charge in [-0.2, -0.15) is 0 Å². The monoisotopic (exact) mass is 308 g/mol. The quantitative estimate of drug-likeness (QED) is 0.877. The van der Waals surface area contributed by atoms with Crippen molar-refractivity contribution in [2.75, 3.05) is 11.9 Å². The number of hydrogen-bond acceptors (Lipinski definition) is 5. The van der Waals surface area contributed by atoms with Gasteiger partial charge in [0.2, 0.25) is 0 Å². The third-order valence-electron chi connectivity index (χ3n) is 3.43. The summed E-state index contributed by atoms with van der Waals surface area (Å²) in [4.78, 5) is 18.2. The molecule has 2 aromatic rings. The van der Waals surface area contributed by atoms with Crippen molar-refractivity contribution in [3.63, 3.8) is 0 Å².